The van der Waals surface area contributed by atoms with Gasteiger partial charge in [0.25, 0.3) is 0 Å². The van der Waals surface area contributed by atoms with Crippen LogP contribution >= 0.6 is 22.6 Å². The van der Waals surface area contributed by atoms with E-state index in [2.05, 4.69) is 22.6 Å². The number of hydrogen-bond acceptors (Lipinski definition) is 3. The fourth-order valence-corrected chi connectivity index (χ4v) is 3.22. The zero-order valence-electron chi connectivity index (χ0n) is 11.3. The standard InChI is InChI=1S/C13H22INO3/c1-13(2,3)18-12(16)15-5-4-11-9(8-15)6-10(7-14)17-11/h9-11H,4-8H2,1-3H3/t9-,10+,11+/m1/s1. The molecule has 0 aromatic heterocycles. The third-order valence-electron chi connectivity index (χ3n) is 3.42. The number of amides is 1. The average molecular weight is 367 g/mol. The van der Waals surface area contributed by atoms with Gasteiger partial charge in [0.15, 0.2) is 0 Å². The minimum Gasteiger partial charge on any atom is -0.444 e. The van der Waals surface area contributed by atoms with Crippen molar-refractivity contribution in [2.75, 3.05) is 17.5 Å². The molecule has 4 nitrogen and oxygen atoms in total. The Morgan fingerprint density at radius 1 is 1.50 bits per heavy atom. The highest BCUT2D eigenvalue weighted by Crippen LogP contribution is 2.34. The number of likely N-dealkylation sites (tertiary alicyclic amines) is 1. The number of carbonyl (C=O) groups excluding carboxylic acids is 1. The zero-order valence-corrected chi connectivity index (χ0v) is 13.5. The first-order valence-corrected chi connectivity index (χ1v) is 8.11. The van der Waals surface area contributed by atoms with E-state index in [9.17, 15) is 4.79 Å². The topological polar surface area (TPSA) is 38.8 Å². The van der Waals surface area contributed by atoms with Crippen molar-refractivity contribution in [3.05, 3.63) is 0 Å². The van der Waals surface area contributed by atoms with Crippen LogP contribution in [0, 0.1) is 5.92 Å². The first-order valence-electron chi connectivity index (χ1n) is 6.58. The van der Waals surface area contributed by atoms with Crippen LogP contribution in [0.4, 0.5) is 4.79 Å². The van der Waals surface area contributed by atoms with E-state index in [0.29, 0.717) is 18.1 Å². The van der Waals surface area contributed by atoms with Gasteiger partial charge in [-0.3, -0.25) is 0 Å². The second kappa shape index (κ2) is 5.53. The molecule has 0 aromatic rings. The first-order chi connectivity index (χ1) is 8.39. The maximum atomic E-state index is 12.0. The van der Waals surface area contributed by atoms with Crippen LogP contribution in [0.1, 0.15) is 33.6 Å². The molecule has 0 spiro atoms. The van der Waals surface area contributed by atoms with Gasteiger partial charge in [0.1, 0.15) is 5.60 Å². The molecule has 0 aromatic carbocycles. The molecule has 104 valence electrons. The minimum absolute atomic E-state index is 0.182. The Bertz CT molecular complexity index is 316. The Hall–Kier alpha value is -0.0400. The second-order valence-electron chi connectivity index (χ2n) is 6.16. The minimum atomic E-state index is -0.412. The van der Waals surface area contributed by atoms with Gasteiger partial charge in [-0.25, -0.2) is 4.79 Å². The second-order valence-corrected chi connectivity index (χ2v) is 7.04. The number of nitrogens with zero attached hydrogens (tertiary/aromatic N) is 1. The van der Waals surface area contributed by atoms with Crippen LogP contribution in [-0.4, -0.2) is 46.3 Å². The summed E-state index contributed by atoms with van der Waals surface area (Å²) in [7, 11) is 0. The Kier molecular flexibility index (Phi) is 4.41. The van der Waals surface area contributed by atoms with Gasteiger partial charge in [0.2, 0.25) is 0 Å². The van der Waals surface area contributed by atoms with E-state index in [4.69, 9.17) is 9.47 Å². The summed E-state index contributed by atoms with van der Waals surface area (Å²) < 4.78 is 12.4. The van der Waals surface area contributed by atoms with E-state index in [1.54, 1.807) is 0 Å². The summed E-state index contributed by atoms with van der Waals surface area (Å²) in [6.45, 7) is 7.25. The lowest BCUT2D eigenvalue weighted by Gasteiger charge is -2.35. The number of halogens is 1. The lowest BCUT2D eigenvalue weighted by molar-refractivity contribution is -0.0106. The number of ether oxygens (including phenoxy) is 2. The van der Waals surface area contributed by atoms with E-state index >= 15 is 0 Å². The Morgan fingerprint density at radius 3 is 2.83 bits per heavy atom. The molecule has 18 heavy (non-hydrogen) atoms. The molecule has 2 rings (SSSR count). The summed E-state index contributed by atoms with van der Waals surface area (Å²) >= 11 is 2.37. The number of piperidine rings is 1. The molecule has 0 unspecified atom stereocenters. The lowest BCUT2D eigenvalue weighted by atomic mass is 9.93. The highest BCUT2D eigenvalue weighted by atomic mass is 127. The van der Waals surface area contributed by atoms with Crippen LogP contribution in [0.2, 0.25) is 0 Å². The molecule has 2 fully saturated rings. The highest BCUT2D eigenvalue weighted by molar-refractivity contribution is 14.1. The van der Waals surface area contributed by atoms with Gasteiger partial charge in [-0.1, -0.05) is 22.6 Å². The predicted molar refractivity (Wildman–Crippen MR) is 78.1 cm³/mol. The molecule has 0 saturated carbocycles. The van der Waals surface area contributed by atoms with Crippen molar-refractivity contribution >= 4 is 28.7 Å². The number of alkyl halides is 1. The maximum Gasteiger partial charge on any atom is 0.410 e. The Balaban J connectivity index is 1.89. The molecule has 3 atom stereocenters. The van der Waals surface area contributed by atoms with Gasteiger partial charge in [-0.2, -0.15) is 0 Å². The van der Waals surface area contributed by atoms with Crippen LogP contribution in [0.5, 0.6) is 0 Å². The third-order valence-corrected chi connectivity index (χ3v) is 4.40. The fourth-order valence-electron chi connectivity index (χ4n) is 2.65. The van der Waals surface area contributed by atoms with E-state index in [1.165, 1.54) is 0 Å². The van der Waals surface area contributed by atoms with Gasteiger partial charge in [0.05, 0.1) is 12.2 Å². The van der Waals surface area contributed by atoms with Crippen LogP contribution in [0.15, 0.2) is 0 Å². The molecule has 1 amide bonds. The number of hydrogen-bond donors (Lipinski definition) is 0. The number of carbonyl (C=O) groups is 1. The van der Waals surface area contributed by atoms with Gasteiger partial charge in [0, 0.05) is 23.4 Å². The summed E-state index contributed by atoms with van der Waals surface area (Å²) in [5.74, 6) is 0.492. The van der Waals surface area contributed by atoms with Crippen molar-refractivity contribution in [2.45, 2.75) is 51.4 Å². The monoisotopic (exact) mass is 367 g/mol. The molecule has 0 radical (unpaired) electrons. The summed E-state index contributed by atoms with van der Waals surface area (Å²) in [5, 5.41) is 0. The number of rotatable bonds is 1. The summed E-state index contributed by atoms with van der Waals surface area (Å²) in [6.07, 6.45) is 2.56. The molecule has 2 heterocycles. The highest BCUT2D eigenvalue weighted by Gasteiger charge is 2.40. The molecule has 2 saturated heterocycles. The van der Waals surface area contributed by atoms with Crippen LogP contribution in [-0.2, 0) is 9.47 Å². The molecule has 0 aliphatic carbocycles. The van der Waals surface area contributed by atoms with E-state index in [1.807, 2.05) is 25.7 Å². The van der Waals surface area contributed by atoms with Gasteiger partial charge >= 0.3 is 6.09 Å². The summed E-state index contributed by atoms with van der Waals surface area (Å²) in [5.41, 5.74) is -0.412. The maximum absolute atomic E-state index is 12.0. The van der Waals surface area contributed by atoms with E-state index < -0.39 is 5.60 Å². The van der Waals surface area contributed by atoms with Gasteiger partial charge in [-0.05, 0) is 33.6 Å². The smallest absolute Gasteiger partial charge is 0.410 e. The van der Waals surface area contributed by atoms with Crippen molar-refractivity contribution in [2.24, 2.45) is 5.92 Å². The van der Waals surface area contributed by atoms with Crippen molar-refractivity contribution in [3.63, 3.8) is 0 Å². The van der Waals surface area contributed by atoms with Crippen LogP contribution < -0.4 is 0 Å². The number of fused-ring (bicyclic) bond motifs is 1. The average Bonchev–Trinajstić information content (AvgIpc) is 2.68. The fraction of sp³-hybridized carbons (Fsp3) is 0.923. The molecular formula is C13H22INO3. The largest absolute Gasteiger partial charge is 0.444 e. The molecule has 2 aliphatic rings. The Morgan fingerprint density at radius 2 is 2.22 bits per heavy atom. The SMILES string of the molecule is CC(C)(C)OC(=O)N1CC[C@@H]2O[C@H](CI)C[C@@H]2C1. The molecule has 5 heteroatoms. The first kappa shape index (κ1) is 14.4. The molecule has 0 bridgehead atoms. The molecule has 2 aliphatic heterocycles. The van der Waals surface area contributed by atoms with Crippen molar-refractivity contribution < 1.29 is 14.3 Å². The van der Waals surface area contributed by atoms with Crippen molar-refractivity contribution in [3.8, 4) is 0 Å². The van der Waals surface area contributed by atoms with Crippen molar-refractivity contribution in [1.82, 2.24) is 4.90 Å². The van der Waals surface area contributed by atoms with Crippen LogP contribution in [0.25, 0.3) is 0 Å². The normalized spacial score (nSPS) is 32.2. The van der Waals surface area contributed by atoms with E-state index in [0.717, 1.165) is 30.4 Å². The van der Waals surface area contributed by atoms with Crippen LogP contribution in [0.3, 0.4) is 0 Å². The summed E-state index contributed by atoms with van der Waals surface area (Å²) in [4.78, 5) is 13.9. The zero-order chi connectivity index (χ0) is 13.3. The predicted octanol–water partition coefficient (Wildman–Crippen LogP) is 2.84. The van der Waals surface area contributed by atoms with Crippen molar-refractivity contribution in [1.29, 1.82) is 0 Å². The van der Waals surface area contributed by atoms with Gasteiger partial charge in [-0.15, -0.1) is 0 Å². The quantitative estimate of drug-likeness (QED) is 0.529. The summed E-state index contributed by atoms with van der Waals surface area (Å²) in [6, 6.07) is 0. The van der Waals surface area contributed by atoms with Gasteiger partial charge < -0.3 is 14.4 Å². The Labute approximate surface area is 123 Å². The third kappa shape index (κ3) is 3.50. The molecular weight excluding hydrogens is 345 g/mol. The lowest BCUT2D eigenvalue weighted by Crippen LogP contribution is -2.46. The molecule has 0 N–H and O–H groups in total. The van der Waals surface area contributed by atoms with E-state index in [-0.39, 0.29) is 6.09 Å².